The maximum absolute atomic E-state index is 13.2. The van der Waals surface area contributed by atoms with Crippen molar-refractivity contribution in [3.63, 3.8) is 0 Å². The molecule has 8 heteroatoms. The Labute approximate surface area is 157 Å². The lowest BCUT2D eigenvalue weighted by Gasteiger charge is -2.43. The molecule has 1 saturated heterocycles. The Bertz CT molecular complexity index is 766. The molecule has 0 bridgehead atoms. The quantitative estimate of drug-likeness (QED) is 0.818. The Morgan fingerprint density at radius 1 is 1.22 bits per heavy atom. The third kappa shape index (κ3) is 3.78. The molecule has 142 valence electrons. The fraction of sp³-hybridized carbons (Fsp3) is 0.579. The normalized spacial score (nSPS) is 28.1. The molecule has 1 aromatic heterocycles. The number of urea groups is 1. The molecule has 1 saturated carbocycles. The maximum Gasteiger partial charge on any atom is 0.341 e. The van der Waals surface area contributed by atoms with Crippen LogP contribution in [0.2, 0.25) is 0 Å². The Kier molecular flexibility index (Phi) is 5.03. The van der Waals surface area contributed by atoms with E-state index in [0.717, 1.165) is 18.4 Å². The van der Waals surface area contributed by atoms with Crippen LogP contribution in [0.15, 0.2) is 23.6 Å². The second kappa shape index (κ2) is 7.61. The Balaban J connectivity index is 1.32. The molecule has 1 aliphatic carbocycles. The first kappa shape index (κ1) is 17.9. The maximum atomic E-state index is 13.2. The van der Waals surface area contributed by atoms with Crippen molar-refractivity contribution in [2.24, 2.45) is 5.10 Å². The number of carbonyl (C=O) groups is 1. The van der Waals surface area contributed by atoms with E-state index in [1.165, 1.54) is 11.2 Å². The first-order chi connectivity index (χ1) is 13.1. The number of amides is 2. The number of nitrogens with zero attached hydrogens (tertiary/aromatic N) is 5. The van der Waals surface area contributed by atoms with Crippen LogP contribution in [0.1, 0.15) is 49.3 Å². The number of pyridine rings is 1. The van der Waals surface area contributed by atoms with Crippen molar-refractivity contribution in [1.29, 1.82) is 5.26 Å². The van der Waals surface area contributed by atoms with Gasteiger partial charge in [-0.15, -0.1) is 0 Å². The van der Waals surface area contributed by atoms with Gasteiger partial charge < -0.3 is 9.64 Å². The van der Waals surface area contributed by atoms with Crippen LogP contribution >= 0.6 is 0 Å². The molecule has 0 unspecified atom stereocenters. The van der Waals surface area contributed by atoms with Crippen LogP contribution in [0.5, 0.6) is 0 Å². The van der Waals surface area contributed by atoms with Gasteiger partial charge in [0.1, 0.15) is 12.2 Å². The minimum absolute atomic E-state index is 0.0173. The van der Waals surface area contributed by atoms with Crippen molar-refractivity contribution in [3.05, 3.63) is 29.6 Å². The molecule has 0 N–H and O–H groups in total. The number of ether oxygens (including phenoxy) is 1. The monoisotopic (exact) mass is 371 g/mol. The predicted molar refractivity (Wildman–Crippen MR) is 95.6 cm³/mol. The van der Waals surface area contributed by atoms with Crippen molar-refractivity contribution in [1.82, 2.24) is 14.9 Å². The number of hydrazone groups is 1. The molecule has 0 aromatic carbocycles. The summed E-state index contributed by atoms with van der Waals surface area (Å²) >= 11 is 0. The lowest BCUT2D eigenvalue weighted by atomic mass is 9.95. The third-order valence-electron chi connectivity index (χ3n) is 5.41. The second-order valence-corrected chi connectivity index (χ2v) is 7.33. The Morgan fingerprint density at radius 3 is 2.74 bits per heavy atom. The summed E-state index contributed by atoms with van der Waals surface area (Å²) in [6, 6.07) is 3.41. The van der Waals surface area contributed by atoms with Gasteiger partial charge in [-0.1, -0.05) is 0 Å². The van der Waals surface area contributed by atoms with E-state index < -0.39 is 6.17 Å². The first-order valence-corrected chi connectivity index (χ1v) is 9.39. The zero-order valence-electron chi connectivity index (χ0n) is 15.0. The van der Waals surface area contributed by atoms with Gasteiger partial charge in [-0.25, -0.2) is 14.2 Å². The Hall–Kier alpha value is -2.53. The van der Waals surface area contributed by atoms with E-state index in [1.54, 1.807) is 23.4 Å². The molecule has 27 heavy (non-hydrogen) atoms. The summed E-state index contributed by atoms with van der Waals surface area (Å²) in [6.45, 7) is 1.06. The third-order valence-corrected chi connectivity index (χ3v) is 5.41. The van der Waals surface area contributed by atoms with Gasteiger partial charge in [0.25, 0.3) is 0 Å². The fourth-order valence-electron chi connectivity index (χ4n) is 3.83. The van der Waals surface area contributed by atoms with Crippen LogP contribution in [-0.2, 0) is 4.74 Å². The van der Waals surface area contributed by atoms with E-state index in [2.05, 4.69) is 16.2 Å². The lowest BCUT2D eigenvalue weighted by Crippen LogP contribution is -2.58. The summed E-state index contributed by atoms with van der Waals surface area (Å²) in [5.41, 5.74) is 1.27. The Morgan fingerprint density at radius 2 is 2.00 bits per heavy atom. The molecule has 1 aromatic rings. The molecule has 4 rings (SSSR count). The first-order valence-electron chi connectivity index (χ1n) is 9.39. The zero-order valence-corrected chi connectivity index (χ0v) is 15.0. The predicted octanol–water partition coefficient (Wildman–Crippen LogP) is 2.79. The number of hydrogen-bond donors (Lipinski definition) is 0. The SMILES string of the molecule is N#Cc1cncc([C@@H]2CC=NN2C(=O)N2CC(OC3CCC(F)CC3)C2)c1. The van der Waals surface area contributed by atoms with E-state index in [-0.39, 0.29) is 24.3 Å². The minimum atomic E-state index is -0.691. The lowest BCUT2D eigenvalue weighted by molar-refractivity contribution is -0.0956. The van der Waals surface area contributed by atoms with Crippen LogP contribution < -0.4 is 0 Å². The number of carbonyl (C=O) groups excluding carboxylic acids is 1. The zero-order chi connectivity index (χ0) is 18.8. The van der Waals surface area contributed by atoms with E-state index >= 15 is 0 Å². The number of aromatic nitrogens is 1. The molecule has 1 atom stereocenters. The largest absolute Gasteiger partial charge is 0.371 e. The highest BCUT2D eigenvalue weighted by molar-refractivity contribution is 5.79. The molecule has 0 spiro atoms. The van der Waals surface area contributed by atoms with Crippen molar-refractivity contribution in [3.8, 4) is 6.07 Å². The molecular weight excluding hydrogens is 349 g/mol. The summed E-state index contributed by atoms with van der Waals surface area (Å²) < 4.78 is 19.2. The summed E-state index contributed by atoms with van der Waals surface area (Å²) in [5.74, 6) is 0. The molecule has 2 amide bonds. The highest BCUT2D eigenvalue weighted by Gasteiger charge is 2.39. The number of likely N-dealkylation sites (tertiary alicyclic amines) is 1. The molecule has 2 aliphatic heterocycles. The summed E-state index contributed by atoms with van der Waals surface area (Å²) in [5, 5.41) is 14.7. The molecule has 3 heterocycles. The van der Waals surface area contributed by atoms with Crippen LogP contribution in [0.4, 0.5) is 9.18 Å². The van der Waals surface area contributed by atoms with E-state index in [1.807, 2.05) is 0 Å². The van der Waals surface area contributed by atoms with Gasteiger partial charge in [0.15, 0.2) is 0 Å². The van der Waals surface area contributed by atoms with Crippen molar-refractivity contribution in [2.75, 3.05) is 13.1 Å². The van der Waals surface area contributed by atoms with Gasteiger partial charge in [-0.2, -0.15) is 10.4 Å². The van der Waals surface area contributed by atoms with Gasteiger partial charge in [-0.3, -0.25) is 4.98 Å². The number of rotatable bonds is 3. The smallest absolute Gasteiger partial charge is 0.341 e. The average Bonchev–Trinajstić information content (AvgIpc) is 3.15. The highest BCUT2D eigenvalue weighted by Crippen LogP contribution is 2.31. The molecule has 0 radical (unpaired) electrons. The molecule has 3 aliphatic rings. The van der Waals surface area contributed by atoms with Crippen LogP contribution in [-0.4, -0.2) is 58.6 Å². The summed E-state index contributed by atoms with van der Waals surface area (Å²) in [6.07, 6.45) is 7.57. The van der Waals surface area contributed by atoms with E-state index in [0.29, 0.717) is 37.9 Å². The van der Waals surface area contributed by atoms with Gasteiger partial charge in [0.05, 0.1) is 36.9 Å². The van der Waals surface area contributed by atoms with Gasteiger partial charge in [0.2, 0.25) is 0 Å². The fourth-order valence-corrected chi connectivity index (χ4v) is 3.83. The van der Waals surface area contributed by atoms with E-state index in [4.69, 9.17) is 10.00 Å². The van der Waals surface area contributed by atoms with Gasteiger partial charge in [-0.05, 0) is 37.3 Å². The van der Waals surface area contributed by atoms with Gasteiger partial charge in [0, 0.05) is 25.0 Å². The van der Waals surface area contributed by atoms with Crippen LogP contribution in [0.3, 0.4) is 0 Å². The van der Waals surface area contributed by atoms with Gasteiger partial charge >= 0.3 is 6.03 Å². The minimum Gasteiger partial charge on any atom is -0.371 e. The van der Waals surface area contributed by atoms with E-state index in [9.17, 15) is 9.18 Å². The average molecular weight is 371 g/mol. The summed E-state index contributed by atoms with van der Waals surface area (Å²) in [7, 11) is 0. The van der Waals surface area contributed by atoms with Crippen molar-refractivity contribution >= 4 is 12.2 Å². The second-order valence-electron chi connectivity index (χ2n) is 7.33. The summed E-state index contributed by atoms with van der Waals surface area (Å²) in [4.78, 5) is 18.6. The van der Waals surface area contributed by atoms with Crippen LogP contribution in [0.25, 0.3) is 0 Å². The number of hydrogen-bond acceptors (Lipinski definition) is 5. The van der Waals surface area contributed by atoms with Crippen molar-refractivity contribution < 1.29 is 13.9 Å². The standard InChI is InChI=1S/C19H22FN5O2/c20-15-1-3-16(4-2-15)27-17-11-24(12-17)19(26)25-18(5-6-23-25)14-7-13(8-21)9-22-10-14/h6-7,9-10,15-18H,1-5,11-12H2/t15?,16?,18-/m0/s1. The topological polar surface area (TPSA) is 81.8 Å². The molecular formula is C19H22FN5O2. The highest BCUT2D eigenvalue weighted by atomic mass is 19.1. The van der Waals surface area contributed by atoms with Crippen molar-refractivity contribution in [2.45, 2.75) is 56.5 Å². The number of nitriles is 1. The number of halogens is 1. The molecule has 7 nitrogen and oxygen atoms in total. The van der Waals surface area contributed by atoms with Crippen LogP contribution in [0, 0.1) is 11.3 Å². The molecule has 2 fully saturated rings. The number of alkyl halides is 1.